The second-order valence-electron chi connectivity index (χ2n) is 3.08. The predicted octanol–water partition coefficient (Wildman–Crippen LogP) is 3.46. The van der Waals surface area contributed by atoms with Crippen LogP contribution in [0.5, 0.6) is 0 Å². The molecule has 1 aromatic carbocycles. The van der Waals surface area contributed by atoms with E-state index < -0.39 is 0 Å². The van der Waals surface area contributed by atoms with E-state index in [0.717, 1.165) is 11.1 Å². The molecule has 2 aromatic rings. The lowest BCUT2D eigenvalue weighted by Gasteiger charge is -1.87. The molecule has 1 heterocycles. The van der Waals surface area contributed by atoms with E-state index in [1.165, 1.54) is 5.56 Å². The van der Waals surface area contributed by atoms with Crippen molar-refractivity contribution in [1.29, 1.82) is 0 Å². The van der Waals surface area contributed by atoms with Gasteiger partial charge in [0.1, 0.15) is 0 Å². The van der Waals surface area contributed by atoms with Crippen molar-refractivity contribution in [2.75, 3.05) is 0 Å². The number of aryl methyl sites for hydroxylation is 1. The highest BCUT2D eigenvalue weighted by atomic mass is 32.1. The Hall–Kier alpha value is -1.52. The van der Waals surface area contributed by atoms with Crippen LogP contribution in [0.25, 0.3) is 0 Å². The van der Waals surface area contributed by atoms with Crippen molar-refractivity contribution < 1.29 is 0 Å². The summed E-state index contributed by atoms with van der Waals surface area (Å²) in [5.74, 6) is 6.31. The summed E-state index contributed by atoms with van der Waals surface area (Å²) in [6.07, 6.45) is 0. The van der Waals surface area contributed by atoms with Crippen LogP contribution in [0.4, 0.5) is 0 Å². The van der Waals surface area contributed by atoms with Crippen LogP contribution in [-0.4, -0.2) is 0 Å². The van der Waals surface area contributed by atoms with Gasteiger partial charge in [-0.05, 0) is 30.0 Å². The van der Waals surface area contributed by atoms with Gasteiger partial charge in [0, 0.05) is 16.5 Å². The molecule has 1 aromatic heterocycles. The number of benzene rings is 1. The van der Waals surface area contributed by atoms with Gasteiger partial charge in [0.05, 0.1) is 0 Å². The summed E-state index contributed by atoms with van der Waals surface area (Å²) >= 11 is 1.70. The van der Waals surface area contributed by atoms with Gasteiger partial charge in [-0.25, -0.2) is 0 Å². The first kappa shape index (κ1) is 9.05. The van der Waals surface area contributed by atoms with Crippen molar-refractivity contribution in [3.63, 3.8) is 0 Å². The maximum atomic E-state index is 3.17. The van der Waals surface area contributed by atoms with Gasteiger partial charge in [-0.1, -0.05) is 30.0 Å². The van der Waals surface area contributed by atoms with Gasteiger partial charge >= 0.3 is 0 Å². The zero-order chi connectivity index (χ0) is 9.80. The first-order valence-electron chi connectivity index (χ1n) is 4.46. The van der Waals surface area contributed by atoms with Crippen LogP contribution in [0.15, 0.2) is 41.1 Å². The molecular weight excluding hydrogens is 188 g/mol. The van der Waals surface area contributed by atoms with E-state index in [4.69, 9.17) is 0 Å². The van der Waals surface area contributed by atoms with Crippen molar-refractivity contribution in [2.24, 2.45) is 0 Å². The minimum atomic E-state index is 1.07. The minimum absolute atomic E-state index is 1.07. The summed E-state index contributed by atoms with van der Waals surface area (Å²) in [6, 6.07) is 10.1. The van der Waals surface area contributed by atoms with Crippen LogP contribution < -0.4 is 0 Å². The molecule has 0 aliphatic heterocycles. The third-order valence-electron chi connectivity index (χ3n) is 1.97. The second-order valence-corrected chi connectivity index (χ2v) is 3.83. The molecule has 0 spiro atoms. The molecule has 0 nitrogen and oxygen atoms in total. The lowest BCUT2D eigenvalue weighted by atomic mass is 10.2. The van der Waals surface area contributed by atoms with Crippen LogP contribution in [0.2, 0.25) is 0 Å². The zero-order valence-electron chi connectivity index (χ0n) is 7.95. The molecule has 0 unspecified atom stereocenters. The van der Waals surface area contributed by atoms with E-state index in [0.29, 0.717) is 0 Å². The Bertz CT molecular complexity index is 469. The average Bonchev–Trinajstić information content (AvgIpc) is 2.63. The van der Waals surface area contributed by atoms with Crippen LogP contribution >= 0.6 is 11.3 Å². The van der Waals surface area contributed by atoms with Gasteiger partial charge in [-0.15, -0.1) is 0 Å². The molecule has 0 atom stereocenters. The summed E-state index contributed by atoms with van der Waals surface area (Å²) in [5, 5.41) is 4.21. The van der Waals surface area contributed by atoms with E-state index in [2.05, 4.69) is 29.5 Å². The van der Waals surface area contributed by atoms with E-state index in [9.17, 15) is 0 Å². The molecule has 14 heavy (non-hydrogen) atoms. The number of rotatable bonds is 0. The summed E-state index contributed by atoms with van der Waals surface area (Å²) in [6.45, 7) is 2.09. The number of thiophene rings is 1. The molecule has 0 saturated carbocycles. The van der Waals surface area contributed by atoms with E-state index in [-0.39, 0.29) is 0 Å². The normalized spacial score (nSPS) is 9.21. The molecule has 2 rings (SSSR count). The first-order chi connectivity index (χ1) is 6.86. The average molecular weight is 198 g/mol. The molecule has 0 saturated heterocycles. The van der Waals surface area contributed by atoms with Crippen LogP contribution in [0.3, 0.4) is 0 Å². The molecule has 0 N–H and O–H groups in total. The summed E-state index contributed by atoms with van der Waals surface area (Å²) in [7, 11) is 0. The molecule has 68 valence electrons. The SMILES string of the molecule is Cc1cscc1C#Cc1ccccc1. The molecule has 1 heteroatoms. The number of hydrogen-bond donors (Lipinski definition) is 0. The van der Waals surface area contributed by atoms with Gasteiger partial charge in [0.25, 0.3) is 0 Å². The summed E-state index contributed by atoms with van der Waals surface area (Å²) in [4.78, 5) is 0. The van der Waals surface area contributed by atoms with Crippen LogP contribution in [0.1, 0.15) is 16.7 Å². The fourth-order valence-corrected chi connectivity index (χ4v) is 1.93. The highest BCUT2D eigenvalue weighted by Crippen LogP contribution is 2.11. The van der Waals surface area contributed by atoms with Crippen molar-refractivity contribution in [2.45, 2.75) is 6.92 Å². The zero-order valence-corrected chi connectivity index (χ0v) is 8.77. The largest absolute Gasteiger partial charge is 0.151 e. The third kappa shape index (κ3) is 2.04. The molecule has 0 aliphatic carbocycles. The van der Waals surface area contributed by atoms with Crippen LogP contribution in [0, 0.1) is 18.8 Å². The van der Waals surface area contributed by atoms with E-state index in [1.54, 1.807) is 11.3 Å². The van der Waals surface area contributed by atoms with Crippen molar-refractivity contribution in [1.82, 2.24) is 0 Å². The van der Waals surface area contributed by atoms with Crippen molar-refractivity contribution in [3.05, 3.63) is 57.8 Å². The Morgan fingerprint density at radius 1 is 1.00 bits per heavy atom. The molecule has 0 aliphatic rings. The minimum Gasteiger partial charge on any atom is -0.151 e. The van der Waals surface area contributed by atoms with Crippen molar-refractivity contribution in [3.8, 4) is 11.8 Å². The molecule has 0 fully saturated rings. The second kappa shape index (κ2) is 4.13. The van der Waals surface area contributed by atoms with Gasteiger partial charge in [0.2, 0.25) is 0 Å². The Balaban J connectivity index is 2.28. The van der Waals surface area contributed by atoms with Gasteiger partial charge < -0.3 is 0 Å². The Morgan fingerprint density at radius 2 is 1.79 bits per heavy atom. The molecule has 0 bridgehead atoms. The van der Waals surface area contributed by atoms with Crippen molar-refractivity contribution >= 4 is 11.3 Å². The van der Waals surface area contributed by atoms with Gasteiger partial charge in [-0.2, -0.15) is 11.3 Å². The quantitative estimate of drug-likeness (QED) is 0.569. The summed E-state index contributed by atoms with van der Waals surface area (Å²) < 4.78 is 0. The van der Waals surface area contributed by atoms with Gasteiger partial charge in [0.15, 0.2) is 0 Å². The maximum Gasteiger partial charge on any atom is 0.0385 e. The lowest BCUT2D eigenvalue weighted by Crippen LogP contribution is -1.74. The van der Waals surface area contributed by atoms with Crippen LogP contribution in [-0.2, 0) is 0 Å². The third-order valence-corrected chi connectivity index (χ3v) is 2.83. The van der Waals surface area contributed by atoms with Gasteiger partial charge in [-0.3, -0.25) is 0 Å². The standard InChI is InChI=1S/C13H10S/c1-11-9-14-10-13(11)8-7-12-5-3-2-4-6-12/h2-6,9-10H,1H3. The topological polar surface area (TPSA) is 0 Å². The highest BCUT2D eigenvalue weighted by Gasteiger charge is 1.92. The van der Waals surface area contributed by atoms with E-state index >= 15 is 0 Å². The smallest absolute Gasteiger partial charge is 0.0385 e. The highest BCUT2D eigenvalue weighted by molar-refractivity contribution is 7.08. The maximum absolute atomic E-state index is 3.17. The summed E-state index contributed by atoms with van der Waals surface area (Å²) in [5.41, 5.74) is 3.47. The lowest BCUT2D eigenvalue weighted by molar-refractivity contribution is 1.52. The fraction of sp³-hybridized carbons (Fsp3) is 0.0769. The first-order valence-corrected chi connectivity index (χ1v) is 5.40. The Kier molecular flexibility index (Phi) is 2.67. The Labute approximate surface area is 88.2 Å². The monoisotopic (exact) mass is 198 g/mol. The predicted molar refractivity (Wildman–Crippen MR) is 61.5 cm³/mol. The molecule has 0 amide bonds. The number of hydrogen-bond acceptors (Lipinski definition) is 1. The molecular formula is C13H10S. The molecule has 0 radical (unpaired) electrons. The van der Waals surface area contributed by atoms with E-state index in [1.807, 2.05) is 30.3 Å². The Morgan fingerprint density at radius 3 is 2.43 bits per heavy atom. The fourth-order valence-electron chi connectivity index (χ4n) is 1.15.